The first kappa shape index (κ1) is 13.5. The Kier molecular flexibility index (Phi) is 3.39. The van der Waals surface area contributed by atoms with E-state index in [1.54, 1.807) is 6.33 Å². The summed E-state index contributed by atoms with van der Waals surface area (Å²) in [7, 11) is 0. The Hall–Kier alpha value is -2.20. The highest BCUT2D eigenvalue weighted by Crippen LogP contribution is 2.22. The first-order valence-electron chi connectivity index (χ1n) is 7.91. The van der Waals surface area contributed by atoms with Crippen LogP contribution in [0.1, 0.15) is 30.8 Å². The zero-order valence-electron chi connectivity index (χ0n) is 12.7. The minimum Gasteiger partial charge on any atom is -0.306 e. The second-order valence-electron chi connectivity index (χ2n) is 6.09. The number of nitrogens with one attached hydrogen (secondary N) is 1. The van der Waals surface area contributed by atoms with Crippen LogP contribution in [0.15, 0.2) is 48.8 Å². The monoisotopic (exact) mass is 292 g/mol. The number of aromatic nitrogens is 3. The van der Waals surface area contributed by atoms with Crippen molar-refractivity contribution >= 4 is 10.8 Å². The molecule has 0 fully saturated rings. The van der Waals surface area contributed by atoms with Crippen LogP contribution in [0.5, 0.6) is 0 Å². The fourth-order valence-corrected chi connectivity index (χ4v) is 3.30. The van der Waals surface area contributed by atoms with E-state index in [0.29, 0.717) is 12.1 Å². The van der Waals surface area contributed by atoms with Gasteiger partial charge in [-0.2, -0.15) is 5.10 Å². The third-order valence-corrected chi connectivity index (χ3v) is 4.56. The molecule has 3 aromatic rings. The fourth-order valence-electron chi connectivity index (χ4n) is 3.30. The molecule has 1 aliphatic heterocycles. The molecule has 0 bridgehead atoms. The molecule has 112 valence electrons. The average molecular weight is 292 g/mol. The number of fused-ring (bicyclic) bond motifs is 2. The molecule has 4 nitrogen and oxygen atoms in total. The van der Waals surface area contributed by atoms with E-state index in [1.165, 1.54) is 16.3 Å². The van der Waals surface area contributed by atoms with Crippen molar-refractivity contribution in [3.8, 4) is 0 Å². The standard InChI is InChI=1S/C18H20N4/c1-13(15-7-6-14-4-2-3-5-16(14)10-15)21-17-8-9-18-19-12-20-22(18)11-17/h2-7,10,12-13,17,21H,8-9,11H2,1H3. The molecule has 4 rings (SSSR count). The third kappa shape index (κ3) is 2.50. The summed E-state index contributed by atoms with van der Waals surface area (Å²) in [6, 6.07) is 16.0. The van der Waals surface area contributed by atoms with Gasteiger partial charge in [-0.1, -0.05) is 36.4 Å². The lowest BCUT2D eigenvalue weighted by molar-refractivity contribution is 0.335. The van der Waals surface area contributed by atoms with Crippen molar-refractivity contribution in [1.82, 2.24) is 20.1 Å². The van der Waals surface area contributed by atoms with Crippen molar-refractivity contribution in [3.63, 3.8) is 0 Å². The van der Waals surface area contributed by atoms with Crippen LogP contribution in [0, 0.1) is 0 Å². The predicted molar refractivity (Wildman–Crippen MR) is 87.6 cm³/mol. The molecular formula is C18H20N4. The molecule has 0 radical (unpaired) electrons. The summed E-state index contributed by atoms with van der Waals surface area (Å²) in [6.07, 6.45) is 3.78. The van der Waals surface area contributed by atoms with E-state index in [-0.39, 0.29) is 0 Å². The third-order valence-electron chi connectivity index (χ3n) is 4.56. The topological polar surface area (TPSA) is 42.7 Å². The van der Waals surface area contributed by atoms with Gasteiger partial charge < -0.3 is 5.32 Å². The summed E-state index contributed by atoms with van der Waals surface area (Å²) in [5, 5.41) is 10.6. The Morgan fingerprint density at radius 2 is 2.05 bits per heavy atom. The minimum atomic E-state index is 0.333. The van der Waals surface area contributed by atoms with E-state index in [4.69, 9.17) is 0 Å². The van der Waals surface area contributed by atoms with E-state index in [9.17, 15) is 0 Å². The Bertz CT molecular complexity index is 792. The Morgan fingerprint density at radius 1 is 1.18 bits per heavy atom. The maximum atomic E-state index is 4.29. The summed E-state index contributed by atoms with van der Waals surface area (Å²) in [4.78, 5) is 4.29. The molecule has 2 unspecified atom stereocenters. The van der Waals surface area contributed by atoms with Crippen LogP contribution in [0.25, 0.3) is 10.8 Å². The second kappa shape index (κ2) is 5.54. The van der Waals surface area contributed by atoms with Crippen molar-refractivity contribution in [2.75, 3.05) is 0 Å². The number of aryl methyl sites for hydroxylation is 1. The molecule has 0 spiro atoms. The highest BCUT2D eigenvalue weighted by Gasteiger charge is 2.21. The number of nitrogens with zero attached hydrogens (tertiary/aromatic N) is 3. The van der Waals surface area contributed by atoms with Gasteiger partial charge in [-0.3, -0.25) is 0 Å². The van der Waals surface area contributed by atoms with Crippen molar-refractivity contribution in [2.24, 2.45) is 0 Å². The Morgan fingerprint density at radius 3 is 2.95 bits per heavy atom. The number of rotatable bonds is 3. The minimum absolute atomic E-state index is 0.333. The molecule has 1 aliphatic rings. The van der Waals surface area contributed by atoms with Crippen LogP contribution in [-0.4, -0.2) is 20.8 Å². The molecule has 1 aromatic heterocycles. The summed E-state index contributed by atoms with van der Waals surface area (Å²) < 4.78 is 2.02. The number of hydrogen-bond donors (Lipinski definition) is 1. The van der Waals surface area contributed by atoms with E-state index < -0.39 is 0 Å². The number of benzene rings is 2. The maximum Gasteiger partial charge on any atom is 0.138 e. The molecule has 2 heterocycles. The molecule has 0 amide bonds. The SMILES string of the molecule is CC(NC1CCc2ncnn2C1)c1ccc2ccccc2c1. The summed E-state index contributed by atoms with van der Waals surface area (Å²) >= 11 is 0. The molecule has 22 heavy (non-hydrogen) atoms. The van der Waals surface area contributed by atoms with Gasteiger partial charge >= 0.3 is 0 Å². The predicted octanol–water partition coefficient (Wildman–Crippen LogP) is 3.10. The van der Waals surface area contributed by atoms with Crippen LogP contribution in [0.3, 0.4) is 0 Å². The molecule has 0 saturated carbocycles. The Balaban J connectivity index is 1.50. The van der Waals surface area contributed by atoms with Gasteiger partial charge in [0.05, 0.1) is 6.54 Å². The zero-order valence-corrected chi connectivity index (χ0v) is 12.7. The van der Waals surface area contributed by atoms with Gasteiger partial charge in [0.25, 0.3) is 0 Å². The van der Waals surface area contributed by atoms with E-state index in [1.807, 2.05) is 4.68 Å². The van der Waals surface area contributed by atoms with Gasteiger partial charge in [0.2, 0.25) is 0 Å². The van der Waals surface area contributed by atoms with Gasteiger partial charge in [0, 0.05) is 18.5 Å². The van der Waals surface area contributed by atoms with Crippen LogP contribution in [0.2, 0.25) is 0 Å². The lowest BCUT2D eigenvalue weighted by Gasteiger charge is -2.27. The van der Waals surface area contributed by atoms with Crippen LogP contribution in [-0.2, 0) is 13.0 Å². The smallest absolute Gasteiger partial charge is 0.138 e. The van der Waals surface area contributed by atoms with E-state index in [0.717, 1.165) is 25.2 Å². The zero-order chi connectivity index (χ0) is 14.9. The fraction of sp³-hybridized carbons (Fsp3) is 0.333. The lowest BCUT2D eigenvalue weighted by Crippen LogP contribution is -2.39. The van der Waals surface area contributed by atoms with Crippen molar-refractivity contribution < 1.29 is 0 Å². The van der Waals surface area contributed by atoms with Crippen molar-refractivity contribution in [2.45, 2.75) is 38.4 Å². The highest BCUT2D eigenvalue weighted by atomic mass is 15.3. The average Bonchev–Trinajstić information content (AvgIpc) is 3.02. The van der Waals surface area contributed by atoms with Gasteiger partial charge in [0.1, 0.15) is 12.2 Å². The van der Waals surface area contributed by atoms with Crippen LogP contribution >= 0.6 is 0 Å². The van der Waals surface area contributed by atoms with Gasteiger partial charge in [-0.15, -0.1) is 0 Å². The molecular weight excluding hydrogens is 272 g/mol. The van der Waals surface area contributed by atoms with Gasteiger partial charge in [-0.25, -0.2) is 9.67 Å². The maximum absolute atomic E-state index is 4.29. The molecule has 0 aliphatic carbocycles. The largest absolute Gasteiger partial charge is 0.306 e. The molecule has 4 heteroatoms. The van der Waals surface area contributed by atoms with Crippen LogP contribution in [0.4, 0.5) is 0 Å². The van der Waals surface area contributed by atoms with Crippen molar-refractivity contribution in [3.05, 3.63) is 60.2 Å². The van der Waals surface area contributed by atoms with E-state index in [2.05, 4.69) is 64.8 Å². The quantitative estimate of drug-likeness (QED) is 0.806. The highest BCUT2D eigenvalue weighted by molar-refractivity contribution is 5.83. The number of hydrogen-bond acceptors (Lipinski definition) is 3. The normalized spacial score (nSPS) is 19.0. The molecule has 1 N–H and O–H groups in total. The molecule has 0 saturated heterocycles. The summed E-state index contributed by atoms with van der Waals surface area (Å²) in [6.45, 7) is 3.15. The summed E-state index contributed by atoms with van der Waals surface area (Å²) in [5.74, 6) is 1.11. The first-order chi connectivity index (χ1) is 10.8. The summed E-state index contributed by atoms with van der Waals surface area (Å²) in [5.41, 5.74) is 1.34. The Labute approximate surface area is 130 Å². The molecule has 2 atom stereocenters. The van der Waals surface area contributed by atoms with Gasteiger partial charge in [-0.05, 0) is 35.7 Å². The van der Waals surface area contributed by atoms with Gasteiger partial charge in [0.15, 0.2) is 0 Å². The first-order valence-corrected chi connectivity index (χ1v) is 7.91. The molecule has 2 aromatic carbocycles. The second-order valence-corrected chi connectivity index (χ2v) is 6.09. The lowest BCUT2D eigenvalue weighted by atomic mass is 10.0. The van der Waals surface area contributed by atoms with Crippen LogP contribution < -0.4 is 5.32 Å². The van der Waals surface area contributed by atoms with E-state index >= 15 is 0 Å². The van der Waals surface area contributed by atoms with Crippen molar-refractivity contribution in [1.29, 1.82) is 0 Å².